The molecule has 0 radical (unpaired) electrons. The smallest absolute Gasteiger partial charge is 0.311 e. The number of hydrogen-bond donors (Lipinski definition) is 2. The number of nitro groups is 1. The van der Waals surface area contributed by atoms with Crippen molar-refractivity contribution in [2.75, 3.05) is 11.5 Å². The average molecular weight is 343 g/mol. The van der Waals surface area contributed by atoms with E-state index < -0.39 is 28.1 Å². The number of nitrogens with zero attached hydrogens (tertiary/aromatic N) is 3. The summed E-state index contributed by atoms with van der Waals surface area (Å²) in [6.07, 6.45) is 0.873. The van der Waals surface area contributed by atoms with Gasteiger partial charge in [0.2, 0.25) is 5.82 Å². The normalized spacial score (nSPS) is 10.6. The van der Waals surface area contributed by atoms with E-state index in [0.717, 1.165) is 12.3 Å². The first kappa shape index (κ1) is 16.2. The minimum absolute atomic E-state index is 0.00429. The summed E-state index contributed by atoms with van der Waals surface area (Å²) >= 11 is 0. The summed E-state index contributed by atoms with van der Waals surface area (Å²) in [5.41, 5.74) is 10.5. The lowest BCUT2D eigenvalue weighted by molar-refractivity contribution is -0.384. The van der Waals surface area contributed by atoms with Crippen molar-refractivity contribution in [1.82, 2.24) is 9.97 Å². The standard InChI is InChI=1S/C16H11F2N5O2/c17-11-4-2-1-3-8(11)15-10(5-13(23(24)25)16(20)22-15)9-6-14(19)21-7-12(9)18/h1-7H,(H2,19,21)(H2,20,22). The Kier molecular flexibility index (Phi) is 3.97. The van der Waals surface area contributed by atoms with E-state index in [2.05, 4.69) is 9.97 Å². The zero-order valence-electron chi connectivity index (χ0n) is 12.6. The lowest BCUT2D eigenvalue weighted by Crippen LogP contribution is -2.03. The molecular formula is C16H11F2N5O2. The molecule has 0 amide bonds. The van der Waals surface area contributed by atoms with Crippen LogP contribution in [0.1, 0.15) is 0 Å². The predicted octanol–water partition coefficient (Wildman–Crippen LogP) is 3.16. The van der Waals surface area contributed by atoms with Crippen LogP contribution in [0.2, 0.25) is 0 Å². The van der Waals surface area contributed by atoms with Crippen molar-refractivity contribution < 1.29 is 13.7 Å². The van der Waals surface area contributed by atoms with Crippen molar-refractivity contribution in [3.05, 3.63) is 64.3 Å². The van der Waals surface area contributed by atoms with Crippen molar-refractivity contribution in [3.63, 3.8) is 0 Å². The molecule has 2 aromatic heterocycles. The summed E-state index contributed by atoms with van der Waals surface area (Å²) in [5.74, 6) is -1.83. The lowest BCUT2D eigenvalue weighted by atomic mass is 9.98. The van der Waals surface area contributed by atoms with Crippen LogP contribution in [0.4, 0.5) is 26.1 Å². The van der Waals surface area contributed by atoms with Gasteiger partial charge in [0.25, 0.3) is 0 Å². The van der Waals surface area contributed by atoms with Gasteiger partial charge in [-0.2, -0.15) is 0 Å². The molecule has 3 rings (SSSR count). The molecule has 0 atom stereocenters. The Morgan fingerprint density at radius 2 is 1.72 bits per heavy atom. The number of rotatable bonds is 3. The fraction of sp³-hybridized carbons (Fsp3) is 0. The highest BCUT2D eigenvalue weighted by Gasteiger charge is 2.23. The predicted molar refractivity (Wildman–Crippen MR) is 88.3 cm³/mol. The second-order valence-electron chi connectivity index (χ2n) is 5.11. The van der Waals surface area contributed by atoms with E-state index in [1.807, 2.05) is 0 Å². The summed E-state index contributed by atoms with van der Waals surface area (Å²) < 4.78 is 28.4. The van der Waals surface area contributed by atoms with E-state index in [0.29, 0.717) is 0 Å². The van der Waals surface area contributed by atoms with Gasteiger partial charge >= 0.3 is 5.69 Å². The number of nitrogen functional groups attached to an aromatic ring is 2. The van der Waals surface area contributed by atoms with Gasteiger partial charge in [0.05, 0.1) is 16.8 Å². The molecule has 0 saturated carbocycles. The first-order valence-electron chi connectivity index (χ1n) is 6.99. The summed E-state index contributed by atoms with van der Waals surface area (Å²) in [5, 5.41) is 11.2. The lowest BCUT2D eigenvalue weighted by Gasteiger charge is -2.12. The van der Waals surface area contributed by atoms with Crippen molar-refractivity contribution in [2.24, 2.45) is 0 Å². The maximum atomic E-state index is 14.2. The van der Waals surface area contributed by atoms with E-state index >= 15 is 0 Å². The van der Waals surface area contributed by atoms with Gasteiger partial charge in [-0.15, -0.1) is 0 Å². The second-order valence-corrected chi connectivity index (χ2v) is 5.11. The molecule has 0 fully saturated rings. The zero-order chi connectivity index (χ0) is 18.1. The van der Waals surface area contributed by atoms with Gasteiger partial charge in [-0.25, -0.2) is 18.7 Å². The van der Waals surface area contributed by atoms with Crippen LogP contribution in [0.15, 0.2) is 42.6 Å². The molecule has 0 unspecified atom stereocenters. The highest BCUT2D eigenvalue weighted by atomic mass is 19.1. The van der Waals surface area contributed by atoms with Crippen LogP contribution in [0, 0.1) is 21.7 Å². The fourth-order valence-corrected chi connectivity index (χ4v) is 2.39. The van der Waals surface area contributed by atoms with Gasteiger partial charge in [0, 0.05) is 22.8 Å². The van der Waals surface area contributed by atoms with E-state index in [4.69, 9.17) is 11.5 Å². The Balaban J connectivity index is 2.39. The molecule has 4 N–H and O–H groups in total. The third-order valence-electron chi connectivity index (χ3n) is 3.52. The van der Waals surface area contributed by atoms with Gasteiger partial charge in [-0.1, -0.05) is 12.1 Å². The highest BCUT2D eigenvalue weighted by Crippen LogP contribution is 2.38. The molecule has 126 valence electrons. The molecule has 3 aromatic rings. The Bertz CT molecular complexity index is 994. The fourth-order valence-electron chi connectivity index (χ4n) is 2.39. The van der Waals surface area contributed by atoms with Gasteiger partial charge in [-0.3, -0.25) is 10.1 Å². The molecule has 9 heteroatoms. The molecule has 2 heterocycles. The Hall–Kier alpha value is -3.62. The molecule has 25 heavy (non-hydrogen) atoms. The minimum Gasteiger partial charge on any atom is -0.384 e. The van der Waals surface area contributed by atoms with E-state index in [-0.39, 0.29) is 28.2 Å². The van der Waals surface area contributed by atoms with Gasteiger partial charge in [0.15, 0.2) is 0 Å². The van der Waals surface area contributed by atoms with Gasteiger partial charge < -0.3 is 11.5 Å². The molecule has 0 spiro atoms. The minimum atomic E-state index is -0.785. The van der Waals surface area contributed by atoms with E-state index in [1.54, 1.807) is 6.07 Å². The maximum Gasteiger partial charge on any atom is 0.311 e. The topological polar surface area (TPSA) is 121 Å². The van der Waals surface area contributed by atoms with Crippen LogP contribution >= 0.6 is 0 Å². The molecule has 0 aliphatic heterocycles. The largest absolute Gasteiger partial charge is 0.384 e. The number of halogens is 2. The summed E-state index contributed by atoms with van der Waals surface area (Å²) in [7, 11) is 0. The summed E-state index contributed by atoms with van der Waals surface area (Å²) in [6.45, 7) is 0. The first-order valence-corrected chi connectivity index (χ1v) is 6.99. The van der Waals surface area contributed by atoms with Gasteiger partial charge in [-0.05, 0) is 18.2 Å². The molecule has 0 bridgehead atoms. The Morgan fingerprint density at radius 3 is 2.40 bits per heavy atom. The van der Waals surface area contributed by atoms with Crippen molar-refractivity contribution in [3.8, 4) is 22.4 Å². The van der Waals surface area contributed by atoms with Crippen LogP contribution in [-0.4, -0.2) is 14.9 Å². The first-order chi connectivity index (χ1) is 11.9. The van der Waals surface area contributed by atoms with Crippen LogP contribution in [-0.2, 0) is 0 Å². The number of anilines is 2. The van der Waals surface area contributed by atoms with Crippen LogP contribution in [0.25, 0.3) is 22.4 Å². The number of hydrogen-bond acceptors (Lipinski definition) is 6. The Labute approximate surface area is 140 Å². The van der Waals surface area contributed by atoms with Crippen molar-refractivity contribution in [1.29, 1.82) is 0 Å². The zero-order valence-corrected chi connectivity index (χ0v) is 12.6. The summed E-state index contributed by atoms with van der Waals surface area (Å²) in [4.78, 5) is 18.0. The second kappa shape index (κ2) is 6.11. The van der Waals surface area contributed by atoms with Crippen LogP contribution < -0.4 is 11.5 Å². The average Bonchev–Trinajstić information content (AvgIpc) is 2.57. The number of pyridine rings is 2. The molecule has 1 aromatic carbocycles. The molecule has 7 nitrogen and oxygen atoms in total. The Morgan fingerprint density at radius 1 is 1.00 bits per heavy atom. The highest BCUT2D eigenvalue weighted by molar-refractivity contribution is 5.85. The number of nitrogens with two attached hydrogens (primary N) is 2. The molecule has 0 saturated heterocycles. The third kappa shape index (κ3) is 2.94. The quantitative estimate of drug-likeness (QED) is 0.556. The monoisotopic (exact) mass is 343 g/mol. The van der Waals surface area contributed by atoms with Crippen LogP contribution in [0.5, 0.6) is 0 Å². The molecule has 0 aliphatic carbocycles. The van der Waals surface area contributed by atoms with E-state index in [1.165, 1.54) is 24.3 Å². The molecular weight excluding hydrogens is 332 g/mol. The number of aromatic nitrogens is 2. The third-order valence-corrected chi connectivity index (χ3v) is 3.52. The number of benzene rings is 1. The van der Waals surface area contributed by atoms with E-state index in [9.17, 15) is 18.9 Å². The molecule has 0 aliphatic rings. The van der Waals surface area contributed by atoms with Gasteiger partial charge in [0.1, 0.15) is 17.5 Å². The maximum absolute atomic E-state index is 14.2. The van der Waals surface area contributed by atoms with Crippen molar-refractivity contribution in [2.45, 2.75) is 0 Å². The summed E-state index contributed by atoms with van der Waals surface area (Å²) in [6, 6.07) is 7.86. The SMILES string of the molecule is Nc1cc(-c2cc([N+](=O)[O-])c(N)nc2-c2ccccc2F)c(F)cn1. The van der Waals surface area contributed by atoms with Crippen molar-refractivity contribution >= 4 is 17.3 Å². The van der Waals surface area contributed by atoms with Crippen LogP contribution in [0.3, 0.4) is 0 Å².